The van der Waals surface area contributed by atoms with Crippen molar-refractivity contribution in [2.24, 2.45) is 21.7 Å². The fraction of sp³-hybridized carbons (Fsp3) is 0.714. The zero-order valence-electron chi connectivity index (χ0n) is 20.6. The van der Waals surface area contributed by atoms with Gasteiger partial charge < -0.3 is 4.79 Å². The quantitative estimate of drug-likeness (QED) is 0.209. The van der Waals surface area contributed by atoms with E-state index in [1.165, 1.54) is 56.4 Å². The normalized spacial score (nSPS) is 25.1. The predicted octanol–water partition coefficient (Wildman–Crippen LogP) is 8.15. The number of halogens is 1. The molecule has 0 heterocycles. The second-order valence-corrected chi connectivity index (χ2v) is 10.4. The zero-order chi connectivity index (χ0) is 22.9. The minimum absolute atomic E-state index is 0.201. The molecule has 1 aromatic rings. The Hall–Kier alpha value is -1.51. The number of carbonyl (C=O) groups is 1. The van der Waals surface area contributed by atoms with Crippen molar-refractivity contribution in [2.45, 2.75) is 104 Å². The van der Waals surface area contributed by atoms with E-state index in [0.717, 1.165) is 43.5 Å². The second kappa shape index (κ2) is 11.9. The molecule has 0 aliphatic heterocycles. The number of aliphatic imine (C=N–C) groups is 1. The Morgan fingerprint density at radius 3 is 2.19 bits per heavy atom. The lowest BCUT2D eigenvalue weighted by molar-refractivity contribution is -0.107. The fourth-order valence-corrected chi connectivity index (χ4v) is 5.74. The summed E-state index contributed by atoms with van der Waals surface area (Å²) in [5, 5.41) is 0. The number of unbranched alkanes of at least 4 members (excludes halogenated alkanes) is 3. The van der Waals surface area contributed by atoms with Crippen LogP contribution >= 0.6 is 0 Å². The first-order valence-corrected chi connectivity index (χ1v) is 12.4. The van der Waals surface area contributed by atoms with Crippen LogP contribution < -0.4 is 0 Å². The average Bonchev–Trinajstić information content (AvgIpc) is 3.12. The molecule has 3 rings (SSSR count). The van der Waals surface area contributed by atoms with E-state index in [0.29, 0.717) is 17.3 Å². The lowest BCUT2D eigenvalue weighted by atomic mass is 9.71. The van der Waals surface area contributed by atoms with Crippen LogP contribution in [-0.2, 0) is 4.79 Å². The Bertz CT molecular complexity index is 695. The highest BCUT2D eigenvalue weighted by molar-refractivity contribution is 5.90. The molecule has 3 heteroatoms. The van der Waals surface area contributed by atoms with Crippen molar-refractivity contribution in [3.05, 3.63) is 35.6 Å². The van der Waals surface area contributed by atoms with Gasteiger partial charge in [0.25, 0.3) is 0 Å². The molecule has 2 nitrogen and oxygen atoms in total. The summed E-state index contributed by atoms with van der Waals surface area (Å²) in [5.74, 6) is 1.04. The summed E-state index contributed by atoms with van der Waals surface area (Å²) in [6.07, 6.45) is 13.8. The minimum atomic E-state index is -0.216. The van der Waals surface area contributed by atoms with Gasteiger partial charge in [-0.05, 0) is 85.8 Å². The summed E-state index contributed by atoms with van der Waals surface area (Å²) in [5.41, 5.74) is 3.63. The topological polar surface area (TPSA) is 29.4 Å². The van der Waals surface area contributed by atoms with Gasteiger partial charge in [-0.25, -0.2) is 4.39 Å². The summed E-state index contributed by atoms with van der Waals surface area (Å²) >= 11 is 0. The predicted molar refractivity (Wildman–Crippen MR) is 130 cm³/mol. The number of fused-ring (bicyclic) bond motifs is 2. The van der Waals surface area contributed by atoms with E-state index in [9.17, 15) is 9.18 Å². The van der Waals surface area contributed by atoms with E-state index in [4.69, 9.17) is 0 Å². The van der Waals surface area contributed by atoms with Crippen molar-refractivity contribution in [1.29, 1.82) is 0 Å². The third kappa shape index (κ3) is 6.49. The molecular formula is C28H44FNO. The van der Waals surface area contributed by atoms with E-state index in [1.54, 1.807) is 0 Å². The highest BCUT2D eigenvalue weighted by Gasteiger charge is 2.55. The van der Waals surface area contributed by atoms with Crippen LogP contribution in [0.15, 0.2) is 29.3 Å². The Labute approximate surface area is 190 Å². The highest BCUT2D eigenvalue weighted by Crippen LogP contribution is 2.65. The molecule has 0 spiro atoms. The standard InChI is InChI=1S/C18H26FNO.C10H18/c1-3-4-5-9-18(20-2)17(8-6-7-14-21)15-10-12-16(19)13-11-15;1-9(2)8-4-6-10(9,3)7-5-8/h10-14,17H,3-9H2,1-2H3;8H,4-7H2,1-3H3. The molecule has 2 aliphatic rings. The van der Waals surface area contributed by atoms with Gasteiger partial charge in [0, 0.05) is 25.1 Å². The van der Waals surface area contributed by atoms with Crippen LogP contribution in [0, 0.1) is 22.6 Å². The SMILES string of the molecule is CC12CCC(CC1)C2(C)C.CCCCCC(=NC)C(CCCC=O)c1ccc(F)cc1. The maximum absolute atomic E-state index is 13.1. The van der Waals surface area contributed by atoms with Crippen LogP contribution in [0.1, 0.15) is 110 Å². The van der Waals surface area contributed by atoms with E-state index in [1.807, 2.05) is 19.2 Å². The molecule has 2 aliphatic carbocycles. The third-order valence-corrected chi connectivity index (χ3v) is 8.48. The number of nitrogens with zero attached hydrogens (tertiary/aromatic N) is 1. The molecule has 0 radical (unpaired) electrons. The zero-order valence-corrected chi connectivity index (χ0v) is 20.6. The molecule has 1 unspecified atom stereocenters. The van der Waals surface area contributed by atoms with Gasteiger partial charge in [0.1, 0.15) is 12.1 Å². The fourth-order valence-electron chi connectivity index (χ4n) is 5.74. The van der Waals surface area contributed by atoms with Crippen molar-refractivity contribution >= 4 is 12.0 Å². The summed E-state index contributed by atoms with van der Waals surface area (Å²) in [6, 6.07) is 6.68. The van der Waals surface area contributed by atoms with Gasteiger partial charge in [0.2, 0.25) is 0 Å². The molecule has 2 saturated carbocycles. The van der Waals surface area contributed by atoms with E-state index in [2.05, 4.69) is 32.7 Å². The van der Waals surface area contributed by atoms with Crippen LogP contribution in [-0.4, -0.2) is 19.0 Å². The summed E-state index contributed by atoms with van der Waals surface area (Å²) in [7, 11) is 1.83. The Balaban J connectivity index is 0.000000280. The molecule has 0 aromatic heterocycles. The summed E-state index contributed by atoms with van der Waals surface area (Å²) in [4.78, 5) is 15.0. The largest absolute Gasteiger partial charge is 0.303 e. The molecule has 0 amide bonds. The smallest absolute Gasteiger partial charge is 0.123 e. The molecular weight excluding hydrogens is 385 g/mol. The average molecular weight is 430 g/mol. The Kier molecular flexibility index (Phi) is 9.90. The van der Waals surface area contributed by atoms with Crippen molar-refractivity contribution in [2.75, 3.05) is 7.05 Å². The number of aldehydes is 1. The van der Waals surface area contributed by atoms with E-state index >= 15 is 0 Å². The van der Waals surface area contributed by atoms with Crippen LogP contribution in [0.5, 0.6) is 0 Å². The van der Waals surface area contributed by atoms with Gasteiger partial charge in [-0.2, -0.15) is 0 Å². The van der Waals surface area contributed by atoms with Crippen molar-refractivity contribution in [3.8, 4) is 0 Å². The molecule has 1 atom stereocenters. The maximum Gasteiger partial charge on any atom is 0.123 e. The molecule has 2 bridgehead atoms. The number of rotatable bonds is 10. The van der Waals surface area contributed by atoms with Crippen LogP contribution in [0.3, 0.4) is 0 Å². The molecule has 174 valence electrons. The van der Waals surface area contributed by atoms with Crippen molar-refractivity contribution < 1.29 is 9.18 Å². The van der Waals surface area contributed by atoms with Gasteiger partial charge >= 0.3 is 0 Å². The first kappa shape index (κ1) is 25.7. The van der Waals surface area contributed by atoms with Gasteiger partial charge in [0.15, 0.2) is 0 Å². The number of benzene rings is 1. The highest BCUT2D eigenvalue weighted by atomic mass is 19.1. The van der Waals surface area contributed by atoms with Crippen LogP contribution in [0.4, 0.5) is 4.39 Å². The van der Waals surface area contributed by atoms with Crippen molar-refractivity contribution in [3.63, 3.8) is 0 Å². The van der Waals surface area contributed by atoms with Gasteiger partial charge in [-0.3, -0.25) is 4.99 Å². The van der Waals surface area contributed by atoms with Crippen LogP contribution in [0.25, 0.3) is 0 Å². The molecule has 0 saturated heterocycles. The lowest BCUT2D eigenvalue weighted by Crippen LogP contribution is -2.26. The molecule has 0 N–H and O–H groups in total. The molecule has 31 heavy (non-hydrogen) atoms. The number of hydrogen-bond donors (Lipinski definition) is 0. The monoisotopic (exact) mass is 429 g/mol. The van der Waals surface area contributed by atoms with Gasteiger partial charge in [-0.1, -0.05) is 52.7 Å². The van der Waals surface area contributed by atoms with Crippen LogP contribution in [0.2, 0.25) is 0 Å². The number of hydrogen-bond acceptors (Lipinski definition) is 2. The van der Waals surface area contributed by atoms with Crippen molar-refractivity contribution in [1.82, 2.24) is 0 Å². The second-order valence-electron chi connectivity index (χ2n) is 10.4. The molecule has 1 aromatic carbocycles. The summed E-state index contributed by atoms with van der Waals surface area (Å²) < 4.78 is 13.1. The first-order valence-electron chi connectivity index (χ1n) is 12.4. The minimum Gasteiger partial charge on any atom is -0.303 e. The maximum atomic E-state index is 13.1. The third-order valence-electron chi connectivity index (χ3n) is 8.48. The Morgan fingerprint density at radius 1 is 1.13 bits per heavy atom. The summed E-state index contributed by atoms with van der Waals surface area (Å²) in [6.45, 7) is 9.61. The first-order chi connectivity index (χ1) is 14.8. The van der Waals surface area contributed by atoms with E-state index in [-0.39, 0.29) is 11.7 Å². The Morgan fingerprint density at radius 2 is 1.77 bits per heavy atom. The number of carbonyl (C=O) groups excluding carboxylic acids is 1. The van der Waals surface area contributed by atoms with Gasteiger partial charge in [0.05, 0.1) is 0 Å². The van der Waals surface area contributed by atoms with E-state index < -0.39 is 0 Å². The lowest BCUT2D eigenvalue weighted by Gasteiger charge is -2.34. The van der Waals surface area contributed by atoms with Gasteiger partial charge in [-0.15, -0.1) is 0 Å². The molecule has 2 fully saturated rings.